The van der Waals surface area contributed by atoms with Crippen molar-refractivity contribution in [2.24, 2.45) is 5.92 Å². The number of benzene rings is 1. The molecule has 1 aromatic carbocycles. The standard InChI is InChI=1S/C18H19ClF2N4O2/c1-10-4-15(17(26)23-8-12(20)9-23)25-16(5-10)22-24(18(25)27)7-11-2-3-14(21)13(19)6-11/h2-3,6,10,12,15H,4-5,7-9H2,1H3. The molecule has 3 heterocycles. The summed E-state index contributed by atoms with van der Waals surface area (Å²) in [6, 6.07) is 3.58. The second-order valence-electron chi connectivity index (χ2n) is 7.38. The van der Waals surface area contributed by atoms with E-state index in [4.69, 9.17) is 11.6 Å². The highest BCUT2D eigenvalue weighted by molar-refractivity contribution is 6.30. The Morgan fingerprint density at radius 3 is 2.78 bits per heavy atom. The molecule has 0 bridgehead atoms. The first-order chi connectivity index (χ1) is 12.8. The van der Waals surface area contributed by atoms with E-state index in [1.165, 1.54) is 26.3 Å². The van der Waals surface area contributed by atoms with E-state index in [-0.39, 0.29) is 36.5 Å². The summed E-state index contributed by atoms with van der Waals surface area (Å²) < 4.78 is 29.2. The SMILES string of the molecule is CC1Cc2nn(Cc3ccc(F)c(Cl)c3)c(=O)n2C(C(=O)N2CC(F)C2)C1. The first kappa shape index (κ1) is 18.2. The van der Waals surface area contributed by atoms with E-state index in [0.29, 0.717) is 24.2 Å². The maximum atomic E-state index is 13.3. The van der Waals surface area contributed by atoms with Crippen LogP contribution < -0.4 is 5.69 Å². The van der Waals surface area contributed by atoms with Crippen molar-refractivity contribution in [2.75, 3.05) is 13.1 Å². The van der Waals surface area contributed by atoms with Crippen LogP contribution in [0.25, 0.3) is 0 Å². The highest BCUT2D eigenvalue weighted by Gasteiger charge is 2.40. The van der Waals surface area contributed by atoms with Crippen molar-refractivity contribution in [3.63, 3.8) is 0 Å². The van der Waals surface area contributed by atoms with Crippen LogP contribution in [0.2, 0.25) is 5.02 Å². The number of alkyl halides is 1. The Hall–Kier alpha value is -2.22. The number of amides is 1. The van der Waals surface area contributed by atoms with Gasteiger partial charge in [-0.2, -0.15) is 5.10 Å². The predicted molar refractivity (Wildman–Crippen MR) is 95.0 cm³/mol. The molecule has 2 aliphatic heterocycles. The van der Waals surface area contributed by atoms with Gasteiger partial charge in [0, 0.05) is 6.42 Å². The molecule has 2 aliphatic rings. The van der Waals surface area contributed by atoms with Crippen LogP contribution >= 0.6 is 11.6 Å². The first-order valence-electron chi connectivity index (χ1n) is 8.88. The summed E-state index contributed by atoms with van der Waals surface area (Å²) in [5.41, 5.74) is 0.242. The normalized spacial score (nSPS) is 22.4. The average molecular weight is 397 g/mol. The summed E-state index contributed by atoms with van der Waals surface area (Å²) in [6.07, 6.45) is 0.118. The number of aromatic nitrogens is 3. The number of carbonyl (C=O) groups is 1. The third-order valence-electron chi connectivity index (χ3n) is 5.16. The van der Waals surface area contributed by atoms with E-state index >= 15 is 0 Å². The van der Waals surface area contributed by atoms with E-state index in [1.807, 2.05) is 6.92 Å². The Morgan fingerprint density at radius 1 is 1.37 bits per heavy atom. The molecule has 0 radical (unpaired) electrons. The van der Waals surface area contributed by atoms with Crippen molar-refractivity contribution in [1.82, 2.24) is 19.2 Å². The summed E-state index contributed by atoms with van der Waals surface area (Å²) in [6.45, 7) is 2.29. The molecule has 6 nitrogen and oxygen atoms in total. The highest BCUT2D eigenvalue weighted by atomic mass is 35.5. The van der Waals surface area contributed by atoms with Gasteiger partial charge in [-0.25, -0.2) is 18.3 Å². The molecule has 2 aromatic rings. The summed E-state index contributed by atoms with van der Waals surface area (Å²) in [7, 11) is 0. The average Bonchev–Trinajstić information content (AvgIpc) is 2.89. The third-order valence-corrected chi connectivity index (χ3v) is 5.45. The number of nitrogens with zero attached hydrogens (tertiary/aromatic N) is 4. The molecule has 27 heavy (non-hydrogen) atoms. The summed E-state index contributed by atoms with van der Waals surface area (Å²) in [4.78, 5) is 27.1. The van der Waals surface area contributed by atoms with Crippen LogP contribution in [0, 0.1) is 11.7 Å². The van der Waals surface area contributed by atoms with E-state index in [0.717, 1.165) is 0 Å². The fraction of sp³-hybridized carbons (Fsp3) is 0.500. The third kappa shape index (κ3) is 3.26. The van der Waals surface area contributed by atoms with Crippen LogP contribution in [0.15, 0.2) is 23.0 Å². The summed E-state index contributed by atoms with van der Waals surface area (Å²) in [5.74, 6) is -0.0349. The van der Waals surface area contributed by atoms with E-state index in [2.05, 4.69) is 5.10 Å². The molecule has 0 aliphatic carbocycles. The van der Waals surface area contributed by atoms with Crippen LogP contribution in [0.5, 0.6) is 0 Å². The molecule has 1 aromatic heterocycles. The lowest BCUT2D eigenvalue weighted by Crippen LogP contribution is -2.55. The van der Waals surface area contributed by atoms with Gasteiger partial charge < -0.3 is 4.90 Å². The Labute approximate surface area is 159 Å². The van der Waals surface area contributed by atoms with Crippen molar-refractivity contribution in [3.05, 3.63) is 50.9 Å². The molecule has 2 unspecified atom stereocenters. The topological polar surface area (TPSA) is 60.1 Å². The molecule has 0 spiro atoms. The fourth-order valence-electron chi connectivity index (χ4n) is 3.74. The van der Waals surface area contributed by atoms with Gasteiger partial charge in [0.25, 0.3) is 0 Å². The van der Waals surface area contributed by atoms with E-state index in [9.17, 15) is 18.4 Å². The number of rotatable bonds is 3. The minimum absolute atomic E-state index is 0.0234. The molecule has 1 fully saturated rings. The Balaban J connectivity index is 1.65. The maximum Gasteiger partial charge on any atom is 0.346 e. The number of hydrogen-bond acceptors (Lipinski definition) is 3. The van der Waals surface area contributed by atoms with Gasteiger partial charge in [0.1, 0.15) is 23.9 Å². The predicted octanol–water partition coefficient (Wildman–Crippen LogP) is 2.19. The van der Waals surface area contributed by atoms with Crippen LogP contribution in [-0.4, -0.2) is 44.4 Å². The fourth-order valence-corrected chi connectivity index (χ4v) is 3.94. The van der Waals surface area contributed by atoms with Gasteiger partial charge in [0.2, 0.25) is 5.91 Å². The summed E-state index contributed by atoms with van der Waals surface area (Å²) in [5, 5.41) is 4.36. The van der Waals surface area contributed by atoms with Gasteiger partial charge >= 0.3 is 5.69 Å². The zero-order valence-electron chi connectivity index (χ0n) is 14.7. The lowest BCUT2D eigenvalue weighted by Gasteiger charge is -2.38. The van der Waals surface area contributed by atoms with Crippen molar-refractivity contribution in [2.45, 2.75) is 38.5 Å². The van der Waals surface area contributed by atoms with Gasteiger partial charge in [-0.1, -0.05) is 24.6 Å². The van der Waals surface area contributed by atoms with Gasteiger partial charge in [-0.15, -0.1) is 0 Å². The number of hydrogen-bond donors (Lipinski definition) is 0. The summed E-state index contributed by atoms with van der Waals surface area (Å²) >= 11 is 5.80. The van der Waals surface area contributed by atoms with Crippen LogP contribution in [-0.2, 0) is 17.8 Å². The quantitative estimate of drug-likeness (QED) is 0.799. The minimum Gasteiger partial charge on any atom is -0.335 e. The van der Waals surface area contributed by atoms with Gasteiger partial charge in [-0.05, 0) is 30.0 Å². The second kappa shape index (κ2) is 6.74. The van der Waals surface area contributed by atoms with Crippen LogP contribution in [0.4, 0.5) is 8.78 Å². The smallest absolute Gasteiger partial charge is 0.335 e. The molecular weight excluding hydrogens is 378 g/mol. The Kier molecular flexibility index (Phi) is 4.53. The highest BCUT2D eigenvalue weighted by Crippen LogP contribution is 2.30. The Morgan fingerprint density at radius 2 is 2.11 bits per heavy atom. The molecule has 0 N–H and O–H groups in total. The van der Waals surface area contributed by atoms with Crippen LogP contribution in [0.3, 0.4) is 0 Å². The molecule has 1 saturated heterocycles. The zero-order chi connectivity index (χ0) is 19.3. The van der Waals surface area contributed by atoms with Crippen molar-refractivity contribution >= 4 is 17.5 Å². The number of halogens is 3. The van der Waals surface area contributed by atoms with Crippen molar-refractivity contribution in [3.8, 4) is 0 Å². The zero-order valence-corrected chi connectivity index (χ0v) is 15.5. The van der Waals surface area contributed by atoms with Crippen LogP contribution in [0.1, 0.15) is 30.8 Å². The molecule has 0 saturated carbocycles. The lowest BCUT2D eigenvalue weighted by atomic mass is 9.92. The number of carbonyl (C=O) groups excluding carboxylic acids is 1. The van der Waals surface area contributed by atoms with Gasteiger partial charge in [0.15, 0.2) is 0 Å². The number of fused-ring (bicyclic) bond motifs is 1. The van der Waals surface area contributed by atoms with E-state index < -0.39 is 23.7 Å². The second-order valence-corrected chi connectivity index (χ2v) is 7.78. The molecule has 2 atom stereocenters. The van der Waals surface area contributed by atoms with E-state index in [1.54, 1.807) is 6.07 Å². The molecule has 9 heteroatoms. The molecular formula is C18H19ClF2N4O2. The van der Waals surface area contributed by atoms with Crippen molar-refractivity contribution in [1.29, 1.82) is 0 Å². The first-order valence-corrected chi connectivity index (χ1v) is 9.26. The molecule has 1 amide bonds. The molecule has 4 rings (SSSR count). The van der Waals surface area contributed by atoms with Gasteiger partial charge in [-0.3, -0.25) is 9.36 Å². The largest absolute Gasteiger partial charge is 0.346 e. The Bertz CT molecular complexity index is 951. The monoisotopic (exact) mass is 396 g/mol. The number of likely N-dealkylation sites (tertiary alicyclic amines) is 1. The van der Waals surface area contributed by atoms with Crippen molar-refractivity contribution < 1.29 is 13.6 Å². The van der Waals surface area contributed by atoms with Gasteiger partial charge in [0.05, 0.1) is 24.7 Å². The maximum absolute atomic E-state index is 13.3. The minimum atomic E-state index is -0.989. The lowest BCUT2D eigenvalue weighted by molar-refractivity contribution is -0.143. The molecule has 144 valence electrons.